The second kappa shape index (κ2) is 7.08. The van der Waals surface area contributed by atoms with Crippen molar-refractivity contribution in [3.8, 4) is 0 Å². The smallest absolute Gasteiger partial charge is 0.252 e. The Morgan fingerprint density at radius 1 is 1.00 bits per heavy atom. The summed E-state index contributed by atoms with van der Waals surface area (Å²) in [6.07, 6.45) is 1.75. The van der Waals surface area contributed by atoms with Crippen molar-refractivity contribution in [1.82, 2.24) is 15.3 Å². The normalized spacial score (nSPS) is 12.1. The van der Waals surface area contributed by atoms with Gasteiger partial charge in [0.25, 0.3) is 5.91 Å². The number of nitrogens with zero attached hydrogens (tertiary/aromatic N) is 1. The van der Waals surface area contributed by atoms with Gasteiger partial charge in [0.2, 0.25) is 0 Å². The van der Waals surface area contributed by atoms with E-state index in [-0.39, 0.29) is 11.9 Å². The van der Waals surface area contributed by atoms with Crippen molar-refractivity contribution >= 4 is 16.8 Å². The molecule has 1 atom stereocenters. The number of hydrogen-bond acceptors (Lipinski definition) is 2. The minimum absolute atomic E-state index is 0.116. The lowest BCUT2D eigenvalue weighted by Crippen LogP contribution is -2.29. The van der Waals surface area contributed by atoms with Gasteiger partial charge in [-0.3, -0.25) is 9.78 Å². The van der Waals surface area contributed by atoms with Crippen LogP contribution in [0.2, 0.25) is 0 Å². The van der Waals surface area contributed by atoms with E-state index in [0.717, 1.165) is 27.9 Å². The molecule has 0 aliphatic rings. The largest absolute Gasteiger partial charge is 0.358 e. The quantitative estimate of drug-likeness (QED) is 0.557. The maximum absolute atomic E-state index is 13.0. The zero-order valence-corrected chi connectivity index (χ0v) is 15.4. The van der Waals surface area contributed by atoms with E-state index in [4.69, 9.17) is 0 Å². The van der Waals surface area contributed by atoms with Crippen LogP contribution in [0.15, 0.2) is 72.9 Å². The lowest BCUT2D eigenvalue weighted by Gasteiger charge is -2.19. The monoisotopic (exact) mass is 355 g/mol. The summed E-state index contributed by atoms with van der Waals surface area (Å²) in [7, 11) is 0. The molecule has 134 valence electrons. The molecule has 2 aromatic heterocycles. The fourth-order valence-electron chi connectivity index (χ4n) is 3.34. The van der Waals surface area contributed by atoms with E-state index in [1.54, 1.807) is 6.20 Å². The Bertz CT molecular complexity index is 1050. The third kappa shape index (κ3) is 3.34. The molecule has 4 aromatic rings. The van der Waals surface area contributed by atoms with Gasteiger partial charge in [0.15, 0.2) is 0 Å². The molecule has 0 saturated carbocycles. The summed E-state index contributed by atoms with van der Waals surface area (Å²) < 4.78 is 0. The van der Waals surface area contributed by atoms with Crippen molar-refractivity contribution in [3.63, 3.8) is 0 Å². The minimum atomic E-state index is -0.301. The Labute approximate surface area is 158 Å². The number of aromatic nitrogens is 2. The highest BCUT2D eigenvalue weighted by molar-refractivity contribution is 5.99. The van der Waals surface area contributed by atoms with Crippen molar-refractivity contribution < 1.29 is 4.79 Å². The fourth-order valence-corrected chi connectivity index (χ4v) is 3.34. The van der Waals surface area contributed by atoms with E-state index in [9.17, 15) is 4.79 Å². The molecular formula is C23H21N3O. The molecule has 0 spiro atoms. The SMILES string of the molecule is Cc1[nH]c2ccc(C(=O)NC(c3ccccc3)c3ccccn3)cc2c1C. The highest BCUT2D eigenvalue weighted by Gasteiger charge is 2.19. The maximum Gasteiger partial charge on any atom is 0.252 e. The van der Waals surface area contributed by atoms with Gasteiger partial charge in [0, 0.05) is 28.4 Å². The standard InChI is InChI=1S/C23H21N3O/c1-15-16(2)25-20-12-11-18(14-19(15)20)23(27)26-22(17-8-4-3-5-9-17)21-10-6-7-13-24-21/h3-14,22,25H,1-2H3,(H,26,27). The molecule has 1 unspecified atom stereocenters. The summed E-state index contributed by atoms with van der Waals surface area (Å²) in [5.74, 6) is -0.116. The van der Waals surface area contributed by atoms with Gasteiger partial charge < -0.3 is 10.3 Å². The van der Waals surface area contributed by atoms with Gasteiger partial charge in [-0.05, 0) is 55.3 Å². The first kappa shape index (κ1) is 17.0. The number of hydrogen-bond donors (Lipinski definition) is 2. The topological polar surface area (TPSA) is 57.8 Å². The number of aryl methyl sites for hydroxylation is 2. The molecule has 4 rings (SSSR count). The zero-order valence-electron chi connectivity index (χ0n) is 15.4. The number of carbonyl (C=O) groups excluding carboxylic acids is 1. The van der Waals surface area contributed by atoms with Crippen LogP contribution in [0.4, 0.5) is 0 Å². The molecule has 1 amide bonds. The first-order valence-corrected chi connectivity index (χ1v) is 8.99. The van der Waals surface area contributed by atoms with Gasteiger partial charge in [-0.2, -0.15) is 0 Å². The van der Waals surface area contributed by atoms with Crippen molar-refractivity contribution in [2.75, 3.05) is 0 Å². The third-order valence-electron chi connectivity index (χ3n) is 4.96. The van der Waals surface area contributed by atoms with Crippen LogP contribution >= 0.6 is 0 Å². The summed E-state index contributed by atoms with van der Waals surface area (Å²) in [5, 5.41) is 4.22. The van der Waals surface area contributed by atoms with Gasteiger partial charge in [0.1, 0.15) is 0 Å². The van der Waals surface area contributed by atoms with Gasteiger partial charge >= 0.3 is 0 Å². The molecule has 0 radical (unpaired) electrons. The summed E-state index contributed by atoms with van der Waals surface area (Å²) >= 11 is 0. The van der Waals surface area contributed by atoms with E-state index in [2.05, 4.69) is 22.2 Å². The van der Waals surface area contributed by atoms with E-state index in [1.807, 2.05) is 73.7 Å². The number of carbonyl (C=O) groups is 1. The number of rotatable bonds is 4. The van der Waals surface area contributed by atoms with Crippen LogP contribution in [0.3, 0.4) is 0 Å². The molecule has 4 heteroatoms. The molecule has 2 heterocycles. The Kier molecular flexibility index (Phi) is 4.47. The second-order valence-electron chi connectivity index (χ2n) is 6.71. The van der Waals surface area contributed by atoms with Crippen molar-refractivity contribution in [2.45, 2.75) is 19.9 Å². The Hall–Kier alpha value is -3.40. The van der Waals surface area contributed by atoms with Gasteiger partial charge in [-0.1, -0.05) is 36.4 Å². The highest BCUT2D eigenvalue weighted by Crippen LogP contribution is 2.24. The first-order chi connectivity index (χ1) is 13.1. The highest BCUT2D eigenvalue weighted by atomic mass is 16.1. The molecule has 4 nitrogen and oxygen atoms in total. The molecule has 27 heavy (non-hydrogen) atoms. The fraction of sp³-hybridized carbons (Fsp3) is 0.130. The molecule has 0 aliphatic heterocycles. The average Bonchev–Trinajstić information content (AvgIpc) is 3.00. The average molecular weight is 355 g/mol. The first-order valence-electron chi connectivity index (χ1n) is 8.99. The number of amides is 1. The van der Waals surface area contributed by atoms with Crippen LogP contribution in [0, 0.1) is 13.8 Å². The lowest BCUT2D eigenvalue weighted by molar-refractivity contribution is 0.0942. The number of H-pyrrole nitrogens is 1. The zero-order chi connectivity index (χ0) is 18.8. The number of nitrogens with one attached hydrogen (secondary N) is 2. The minimum Gasteiger partial charge on any atom is -0.358 e. The van der Waals surface area contributed by atoms with Crippen LogP contribution in [-0.2, 0) is 0 Å². The van der Waals surface area contributed by atoms with Crippen LogP contribution in [-0.4, -0.2) is 15.9 Å². The molecule has 0 saturated heterocycles. The number of benzene rings is 2. The Morgan fingerprint density at radius 3 is 2.52 bits per heavy atom. The molecule has 0 bridgehead atoms. The predicted molar refractivity (Wildman–Crippen MR) is 108 cm³/mol. The number of fused-ring (bicyclic) bond motifs is 1. The molecule has 0 aliphatic carbocycles. The van der Waals surface area contributed by atoms with Crippen molar-refractivity contribution in [2.24, 2.45) is 0 Å². The molecular weight excluding hydrogens is 334 g/mol. The predicted octanol–water partition coefficient (Wildman–Crippen LogP) is 4.70. The van der Waals surface area contributed by atoms with Crippen LogP contribution in [0.5, 0.6) is 0 Å². The van der Waals surface area contributed by atoms with Gasteiger partial charge in [-0.15, -0.1) is 0 Å². The second-order valence-corrected chi connectivity index (χ2v) is 6.71. The third-order valence-corrected chi connectivity index (χ3v) is 4.96. The number of pyridine rings is 1. The summed E-state index contributed by atoms with van der Waals surface area (Å²) in [5.41, 5.74) is 5.79. The summed E-state index contributed by atoms with van der Waals surface area (Å²) in [6, 6.07) is 21.1. The summed E-state index contributed by atoms with van der Waals surface area (Å²) in [4.78, 5) is 20.8. The number of aromatic amines is 1. The van der Waals surface area contributed by atoms with Crippen LogP contribution in [0.1, 0.15) is 38.9 Å². The Balaban J connectivity index is 1.69. The van der Waals surface area contributed by atoms with E-state index < -0.39 is 0 Å². The maximum atomic E-state index is 13.0. The van der Waals surface area contributed by atoms with Gasteiger partial charge in [0.05, 0.1) is 11.7 Å². The van der Waals surface area contributed by atoms with E-state index in [1.165, 1.54) is 5.56 Å². The molecule has 0 fully saturated rings. The molecule has 2 aromatic carbocycles. The van der Waals surface area contributed by atoms with Crippen LogP contribution in [0.25, 0.3) is 10.9 Å². The van der Waals surface area contributed by atoms with E-state index >= 15 is 0 Å². The van der Waals surface area contributed by atoms with Crippen molar-refractivity contribution in [1.29, 1.82) is 0 Å². The summed E-state index contributed by atoms with van der Waals surface area (Å²) in [6.45, 7) is 4.11. The molecule has 2 N–H and O–H groups in total. The van der Waals surface area contributed by atoms with Gasteiger partial charge in [-0.25, -0.2) is 0 Å². The van der Waals surface area contributed by atoms with Crippen LogP contribution < -0.4 is 5.32 Å². The lowest BCUT2D eigenvalue weighted by atomic mass is 10.0. The van der Waals surface area contributed by atoms with E-state index in [0.29, 0.717) is 5.56 Å². The Morgan fingerprint density at radius 2 is 1.78 bits per heavy atom. The van der Waals surface area contributed by atoms with Crippen molar-refractivity contribution in [3.05, 3.63) is 101 Å².